The van der Waals surface area contributed by atoms with Crippen LogP contribution in [0.1, 0.15) is 36.8 Å². The molecule has 2 aliphatic rings. The molecule has 4 rings (SSSR count). The summed E-state index contributed by atoms with van der Waals surface area (Å²) in [5.74, 6) is 1.16. The van der Waals surface area contributed by atoms with E-state index in [1.54, 1.807) is 6.07 Å². The fraction of sp³-hybridized carbons (Fsp3) is 0.455. The molecule has 2 heteroatoms. The van der Waals surface area contributed by atoms with E-state index in [1.807, 2.05) is 12.1 Å². The maximum Gasteiger partial charge on any atom is 0.115 e. The summed E-state index contributed by atoms with van der Waals surface area (Å²) in [6, 6.07) is 18.9. The van der Waals surface area contributed by atoms with Crippen molar-refractivity contribution in [3.05, 3.63) is 65.7 Å². The smallest absolute Gasteiger partial charge is 0.115 e. The zero-order valence-corrected chi connectivity index (χ0v) is 14.3. The molecule has 0 bridgehead atoms. The Morgan fingerprint density at radius 1 is 1.04 bits per heavy atom. The highest BCUT2D eigenvalue weighted by Gasteiger charge is 2.47. The Labute approximate surface area is 145 Å². The number of aromatic hydroxyl groups is 1. The van der Waals surface area contributed by atoms with Crippen LogP contribution >= 0.6 is 0 Å². The molecule has 1 saturated heterocycles. The average Bonchev–Trinajstić information content (AvgIpc) is 3.05. The quantitative estimate of drug-likeness (QED) is 0.903. The highest BCUT2D eigenvalue weighted by atomic mass is 16.3. The summed E-state index contributed by atoms with van der Waals surface area (Å²) in [5.41, 5.74) is 3.11. The molecule has 2 nitrogen and oxygen atoms in total. The summed E-state index contributed by atoms with van der Waals surface area (Å²) in [6.45, 7) is 3.55. The van der Waals surface area contributed by atoms with E-state index in [4.69, 9.17) is 0 Å². The van der Waals surface area contributed by atoms with Crippen LogP contribution in [0.2, 0.25) is 0 Å². The van der Waals surface area contributed by atoms with Gasteiger partial charge in [-0.1, -0.05) is 48.9 Å². The highest BCUT2D eigenvalue weighted by Crippen LogP contribution is 2.51. The molecule has 1 aliphatic carbocycles. The number of hydrogen-bond acceptors (Lipinski definition) is 2. The number of likely N-dealkylation sites (tertiary alicyclic amines) is 1. The Bertz CT molecular complexity index is 683. The molecular weight excluding hydrogens is 294 g/mol. The van der Waals surface area contributed by atoms with Crippen molar-refractivity contribution in [2.45, 2.75) is 37.5 Å². The van der Waals surface area contributed by atoms with Gasteiger partial charge in [0.2, 0.25) is 0 Å². The van der Waals surface area contributed by atoms with Gasteiger partial charge in [-0.15, -0.1) is 0 Å². The Kier molecular flexibility index (Phi) is 4.32. The highest BCUT2D eigenvalue weighted by molar-refractivity contribution is 5.35. The van der Waals surface area contributed by atoms with Crippen molar-refractivity contribution >= 4 is 0 Å². The number of fused-ring (bicyclic) bond motifs is 1. The molecule has 126 valence electrons. The van der Waals surface area contributed by atoms with Crippen LogP contribution in [0.15, 0.2) is 54.6 Å². The summed E-state index contributed by atoms with van der Waals surface area (Å²) >= 11 is 0. The van der Waals surface area contributed by atoms with Gasteiger partial charge in [-0.05, 0) is 61.4 Å². The van der Waals surface area contributed by atoms with Gasteiger partial charge in [0, 0.05) is 18.5 Å². The zero-order valence-electron chi connectivity index (χ0n) is 14.3. The molecule has 2 unspecified atom stereocenters. The first-order valence-electron chi connectivity index (χ1n) is 9.32. The van der Waals surface area contributed by atoms with Crippen LogP contribution in [0.4, 0.5) is 0 Å². The molecule has 0 aromatic heterocycles. The molecule has 1 N–H and O–H groups in total. The van der Waals surface area contributed by atoms with Gasteiger partial charge in [-0.2, -0.15) is 0 Å². The number of hydrogen-bond donors (Lipinski definition) is 1. The second-order valence-corrected chi connectivity index (χ2v) is 7.58. The van der Waals surface area contributed by atoms with E-state index in [9.17, 15) is 5.11 Å². The third kappa shape index (κ3) is 2.95. The molecule has 1 saturated carbocycles. The Morgan fingerprint density at radius 3 is 2.75 bits per heavy atom. The summed E-state index contributed by atoms with van der Waals surface area (Å²) in [5, 5.41) is 9.91. The molecule has 2 aromatic carbocycles. The number of phenols is 1. The lowest BCUT2D eigenvalue weighted by molar-refractivity contribution is 0.112. The van der Waals surface area contributed by atoms with Crippen LogP contribution in [0.5, 0.6) is 5.75 Å². The summed E-state index contributed by atoms with van der Waals surface area (Å²) in [6.07, 6.45) is 6.32. The van der Waals surface area contributed by atoms with E-state index in [-0.39, 0.29) is 0 Å². The van der Waals surface area contributed by atoms with Crippen LogP contribution in [0.25, 0.3) is 0 Å². The minimum absolute atomic E-state index is 0.308. The first-order chi connectivity index (χ1) is 11.8. The Hall–Kier alpha value is -1.80. The van der Waals surface area contributed by atoms with Crippen molar-refractivity contribution in [2.24, 2.45) is 5.92 Å². The van der Waals surface area contributed by atoms with Crippen molar-refractivity contribution in [3.8, 4) is 5.75 Å². The minimum atomic E-state index is 0.308. The second-order valence-electron chi connectivity index (χ2n) is 7.58. The van der Waals surface area contributed by atoms with Crippen molar-refractivity contribution < 1.29 is 5.11 Å². The summed E-state index contributed by atoms with van der Waals surface area (Å²) in [7, 11) is 0. The first-order valence-corrected chi connectivity index (χ1v) is 9.32. The van der Waals surface area contributed by atoms with E-state index in [0.29, 0.717) is 11.2 Å². The summed E-state index contributed by atoms with van der Waals surface area (Å²) < 4.78 is 0. The van der Waals surface area contributed by atoms with Crippen LogP contribution in [0, 0.1) is 5.92 Å². The molecule has 24 heavy (non-hydrogen) atoms. The number of benzene rings is 2. The lowest BCUT2D eigenvalue weighted by Gasteiger charge is -2.45. The predicted molar refractivity (Wildman–Crippen MR) is 98.3 cm³/mol. The van der Waals surface area contributed by atoms with Crippen LogP contribution in [-0.2, 0) is 11.8 Å². The van der Waals surface area contributed by atoms with Gasteiger partial charge >= 0.3 is 0 Å². The number of nitrogens with zero attached hydrogens (tertiary/aromatic N) is 1. The molecule has 0 radical (unpaired) electrons. The topological polar surface area (TPSA) is 23.5 Å². The van der Waals surface area contributed by atoms with Crippen LogP contribution < -0.4 is 0 Å². The third-order valence-electron chi connectivity index (χ3n) is 6.29. The molecule has 1 aliphatic heterocycles. The van der Waals surface area contributed by atoms with Crippen LogP contribution in [-0.4, -0.2) is 29.6 Å². The number of piperidine rings is 1. The fourth-order valence-corrected chi connectivity index (χ4v) is 4.98. The fourth-order valence-electron chi connectivity index (χ4n) is 4.98. The van der Waals surface area contributed by atoms with Crippen molar-refractivity contribution in [3.63, 3.8) is 0 Å². The Morgan fingerprint density at radius 2 is 1.92 bits per heavy atom. The van der Waals surface area contributed by atoms with E-state index < -0.39 is 0 Å². The van der Waals surface area contributed by atoms with E-state index >= 15 is 0 Å². The van der Waals surface area contributed by atoms with E-state index in [2.05, 4.69) is 41.3 Å². The molecule has 1 heterocycles. The SMILES string of the molecule is Oc1cccc(C23CCCC2CN(CCc2ccccc2)CC3)c1. The van der Waals surface area contributed by atoms with Gasteiger partial charge in [-0.3, -0.25) is 0 Å². The third-order valence-corrected chi connectivity index (χ3v) is 6.29. The molecule has 2 atom stereocenters. The van der Waals surface area contributed by atoms with Crippen molar-refractivity contribution in [1.29, 1.82) is 0 Å². The van der Waals surface area contributed by atoms with Gasteiger partial charge in [-0.25, -0.2) is 0 Å². The van der Waals surface area contributed by atoms with E-state index in [1.165, 1.54) is 49.9 Å². The molecule has 0 spiro atoms. The lowest BCUT2D eigenvalue weighted by Crippen LogP contribution is -2.47. The minimum Gasteiger partial charge on any atom is -0.508 e. The number of phenolic OH excluding ortho intramolecular Hbond substituents is 1. The number of rotatable bonds is 4. The molecule has 2 fully saturated rings. The van der Waals surface area contributed by atoms with E-state index in [0.717, 1.165) is 18.9 Å². The molecular formula is C22H27NO. The maximum absolute atomic E-state index is 9.91. The van der Waals surface area contributed by atoms with Gasteiger partial charge in [0.05, 0.1) is 0 Å². The average molecular weight is 321 g/mol. The summed E-state index contributed by atoms with van der Waals surface area (Å²) in [4.78, 5) is 2.66. The maximum atomic E-state index is 9.91. The van der Waals surface area contributed by atoms with Crippen LogP contribution in [0.3, 0.4) is 0 Å². The normalized spacial score (nSPS) is 27.1. The molecule has 2 aromatic rings. The first kappa shape index (κ1) is 15.7. The van der Waals surface area contributed by atoms with Gasteiger partial charge in [0.1, 0.15) is 5.75 Å². The van der Waals surface area contributed by atoms with Gasteiger partial charge in [0.15, 0.2) is 0 Å². The molecule has 0 amide bonds. The van der Waals surface area contributed by atoms with Gasteiger partial charge in [0.25, 0.3) is 0 Å². The predicted octanol–water partition coefficient (Wildman–Crippen LogP) is 4.38. The standard InChI is InChI=1S/C22H27NO/c24-21-10-4-8-19(16-21)22-12-5-9-20(22)17-23(15-13-22)14-11-18-6-2-1-3-7-18/h1-4,6-8,10,16,20,24H,5,9,11-15,17H2. The largest absolute Gasteiger partial charge is 0.508 e. The van der Waals surface area contributed by atoms with Crippen molar-refractivity contribution in [1.82, 2.24) is 4.90 Å². The zero-order chi connectivity index (χ0) is 16.4. The lowest BCUT2D eigenvalue weighted by atomic mass is 9.67. The van der Waals surface area contributed by atoms with Gasteiger partial charge < -0.3 is 10.0 Å². The van der Waals surface area contributed by atoms with Crippen molar-refractivity contribution in [2.75, 3.05) is 19.6 Å². The monoisotopic (exact) mass is 321 g/mol. The second kappa shape index (κ2) is 6.60. The Balaban J connectivity index is 1.45.